The molecule has 0 unspecified atom stereocenters. The van der Waals surface area contributed by atoms with E-state index in [1.807, 2.05) is 0 Å². The van der Waals surface area contributed by atoms with Gasteiger partial charge in [-0.1, -0.05) is 12.2 Å². The van der Waals surface area contributed by atoms with Crippen molar-refractivity contribution in [1.82, 2.24) is 0 Å². The van der Waals surface area contributed by atoms with E-state index in [1.54, 1.807) is 0 Å². The molecule has 2 aliphatic carbocycles. The molecule has 1 nitrogen and oxygen atoms in total. The van der Waals surface area contributed by atoms with E-state index in [2.05, 4.69) is 12.2 Å². The molecule has 0 amide bonds. The second-order valence-electron chi connectivity index (χ2n) is 3.14. The summed E-state index contributed by atoms with van der Waals surface area (Å²) in [5.74, 6) is 2.03. The van der Waals surface area contributed by atoms with E-state index < -0.39 is 0 Å². The predicted molar refractivity (Wildman–Crippen MR) is 35.9 cm³/mol. The molecule has 0 heterocycles. The first kappa shape index (κ1) is 5.48. The van der Waals surface area contributed by atoms with Crippen LogP contribution in [0.3, 0.4) is 0 Å². The summed E-state index contributed by atoms with van der Waals surface area (Å²) in [6.07, 6.45) is 7.17. The van der Waals surface area contributed by atoms with Gasteiger partial charge in [0.15, 0.2) is 0 Å². The van der Waals surface area contributed by atoms with Crippen LogP contribution in [0.25, 0.3) is 0 Å². The molecule has 0 aromatic rings. The van der Waals surface area contributed by atoms with Gasteiger partial charge in [-0.2, -0.15) is 0 Å². The van der Waals surface area contributed by atoms with Crippen LogP contribution in [0, 0.1) is 17.8 Å². The molecule has 9 heavy (non-hydrogen) atoms. The molecule has 0 spiro atoms. The zero-order chi connectivity index (χ0) is 6.27. The first-order chi connectivity index (χ1) is 4.42. The zero-order valence-electron chi connectivity index (χ0n) is 5.46. The third kappa shape index (κ3) is 0.645. The van der Waals surface area contributed by atoms with Crippen LogP contribution in [0.15, 0.2) is 12.2 Å². The standard InChI is InChI=1S/C8H12O/c9-5-8-6-1-2-7(8)4-3-6/h1-2,6-9H,3-5H2/t6-,7-/m0/s1. The Labute approximate surface area is 55.4 Å². The van der Waals surface area contributed by atoms with Crippen LogP contribution >= 0.6 is 0 Å². The minimum Gasteiger partial charge on any atom is -0.396 e. The van der Waals surface area contributed by atoms with E-state index in [1.165, 1.54) is 12.8 Å². The fourth-order valence-corrected chi connectivity index (χ4v) is 2.16. The minimum atomic E-state index is 0.391. The highest BCUT2D eigenvalue weighted by atomic mass is 16.3. The van der Waals surface area contributed by atoms with Crippen molar-refractivity contribution in [1.29, 1.82) is 0 Å². The Morgan fingerprint density at radius 3 is 2.00 bits per heavy atom. The number of hydrogen-bond donors (Lipinski definition) is 1. The number of aliphatic hydroxyl groups is 1. The molecule has 0 aliphatic heterocycles. The number of hydrogen-bond acceptors (Lipinski definition) is 1. The van der Waals surface area contributed by atoms with Crippen LogP contribution in [0.4, 0.5) is 0 Å². The van der Waals surface area contributed by atoms with Gasteiger partial charge in [0.05, 0.1) is 0 Å². The summed E-state index contributed by atoms with van der Waals surface area (Å²) in [7, 11) is 0. The van der Waals surface area contributed by atoms with E-state index in [9.17, 15) is 0 Å². The average Bonchev–Trinajstić information content (AvgIpc) is 2.44. The minimum absolute atomic E-state index is 0.391. The lowest BCUT2D eigenvalue weighted by molar-refractivity contribution is 0.199. The Morgan fingerprint density at radius 2 is 1.78 bits per heavy atom. The summed E-state index contributed by atoms with van der Waals surface area (Å²) in [5, 5.41) is 8.91. The first-order valence-corrected chi connectivity index (χ1v) is 3.71. The number of aliphatic hydroxyl groups excluding tert-OH is 1. The van der Waals surface area contributed by atoms with Gasteiger partial charge in [-0.15, -0.1) is 0 Å². The molecule has 2 bridgehead atoms. The molecular weight excluding hydrogens is 112 g/mol. The third-order valence-corrected chi connectivity index (χ3v) is 2.75. The Morgan fingerprint density at radius 1 is 1.22 bits per heavy atom. The summed E-state index contributed by atoms with van der Waals surface area (Å²) in [5.41, 5.74) is 0. The topological polar surface area (TPSA) is 20.2 Å². The van der Waals surface area contributed by atoms with Gasteiger partial charge in [0.2, 0.25) is 0 Å². The van der Waals surface area contributed by atoms with Gasteiger partial charge < -0.3 is 5.11 Å². The highest BCUT2D eigenvalue weighted by molar-refractivity contribution is 5.11. The maximum Gasteiger partial charge on any atom is 0.0470 e. The van der Waals surface area contributed by atoms with Crippen LogP contribution in [-0.4, -0.2) is 11.7 Å². The fraction of sp³-hybridized carbons (Fsp3) is 0.750. The van der Waals surface area contributed by atoms with Crippen molar-refractivity contribution in [3.63, 3.8) is 0 Å². The van der Waals surface area contributed by atoms with Crippen molar-refractivity contribution in [3.05, 3.63) is 12.2 Å². The van der Waals surface area contributed by atoms with Gasteiger partial charge in [0.25, 0.3) is 0 Å². The maximum absolute atomic E-state index is 8.91. The molecule has 2 aliphatic rings. The van der Waals surface area contributed by atoms with Gasteiger partial charge in [-0.3, -0.25) is 0 Å². The Hall–Kier alpha value is -0.300. The predicted octanol–water partition coefficient (Wildman–Crippen LogP) is 1.19. The normalized spacial score (nSPS) is 46.6. The molecule has 0 radical (unpaired) electrons. The SMILES string of the molecule is OCC1[C@H]2C=C[C@H]1CC2. The Balaban J connectivity index is 2.15. The molecule has 0 saturated heterocycles. The van der Waals surface area contributed by atoms with E-state index in [-0.39, 0.29) is 0 Å². The van der Waals surface area contributed by atoms with Gasteiger partial charge in [-0.25, -0.2) is 0 Å². The van der Waals surface area contributed by atoms with Crippen molar-refractivity contribution < 1.29 is 5.11 Å². The van der Waals surface area contributed by atoms with Crippen molar-refractivity contribution in [2.75, 3.05) is 6.61 Å². The number of fused-ring (bicyclic) bond motifs is 2. The van der Waals surface area contributed by atoms with Gasteiger partial charge in [0, 0.05) is 6.61 Å². The monoisotopic (exact) mass is 124 g/mol. The molecule has 50 valence electrons. The maximum atomic E-state index is 8.91. The highest BCUT2D eigenvalue weighted by Gasteiger charge is 2.36. The number of allylic oxidation sites excluding steroid dienone is 2. The van der Waals surface area contributed by atoms with E-state index in [0.717, 1.165) is 11.8 Å². The third-order valence-electron chi connectivity index (χ3n) is 2.75. The first-order valence-electron chi connectivity index (χ1n) is 3.71. The lowest BCUT2D eigenvalue weighted by Crippen LogP contribution is -2.11. The van der Waals surface area contributed by atoms with Crippen LogP contribution in [0.5, 0.6) is 0 Å². The smallest absolute Gasteiger partial charge is 0.0470 e. The average molecular weight is 124 g/mol. The van der Waals surface area contributed by atoms with Crippen molar-refractivity contribution in [2.24, 2.45) is 17.8 Å². The van der Waals surface area contributed by atoms with E-state index >= 15 is 0 Å². The van der Waals surface area contributed by atoms with Gasteiger partial charge in [-0.05, 0) is 30.6 Å². The molecular formula is C8H12O. The fourth-order valence-electron chi connectivity index (χ4n) is 2.16. The highest BCUT2D eigenvalue weighted by Crippen LogP contribution is 2.43. The van der Waals surface area contributed by atoms with E-state index in [0.29, 0.717) is 12.5 Å². The lowest BCUT2D eigenvalue weighted by atomic mass is 9.98. The van der Waals surface area contributed by atoms with Gasteiger partial charge in [0.1, 0.15) is 0 Å². The van der Waals surface area contributed by atoms with Crippen molar-refractivity contribution in [2.45, 2.75) is 12.8 Å². The van der Waals surface area contributed by atoms with Crippen LogP contribution < -0.4 is 0 Å². The van der Waals surface area contributed by atoms with Gasteiger partial charge >= 0.3 is 0 Å². The molecule has 1 heteroatoms. The zero-order valence-corrected chi connectivity index (χ0v) is 5.46. The molecule has 0 aromatic heterocycles. The summed E-state index contributed by atoms with van der Waals surface area (Å²) < 4.78 is 0. The molecule has 0 aromatic carbocycles. The second-order valence-corrected chi connectivity index (χ2v) is 3.14. The molecule has 1 saturated carbocycles. The molecule has 2 rings (SSSR count). The number of rotatable bonds is 1. The summed E-state index contributed by atoms with van der Waals surface area (Å²) in [6.45, 7) is 0.391. The summed E-state index contributed by atoms with van der Waals surface area (Å²) in [4.78, 5) is 0. The van der Waals surface area contributed by atoms with Crippen molar-refractivity contribution >= 4 is 0 Å². The summed E-state index contributed by atoms with van der Waals surface area (Å²) >= 11 is 0. The lowest BCUT2D eigenvalue weighted by Gasteiger charge is -2.09. The Bertz CT molecular complexity index is 126. The molecule has 1 N–H and O–H groups in total. The second kappa shape index (κ2) is 1.84. The molecule has 1 fully saturated rings. The van der Waals surface area contributed by atoms with Crippen LogP contribution in [0.2, 0.25) is 0 Å². The van der Waals surface area contributed by atoms with Crippen LogP contribution in [-0.2, 0) is 0 Å². The largest absolute Gasteiger partial charge is 0.396 e. The quantitative estimate of drug-likeness (QED) is 0.520. The van der Waals surface area contributed by atoms with E-state index in [4.69, 9.17) is 5.11 Å². The van der Waals surface area contributed by atoms with Crippen molar-refractivity contribution in [3.8, 4) is 0 Å². The Kier molecular flexibility index (Phi) is 1.12. The van der Waals surface area contributed by atoms with Crippen LogP contribution in [0.1, 0.15) is 12.8 Å². The summed E-state index contributed by atoms with van der Waals surface area (Å²) in [6, 6.07) is 0. The molecule has 2 atom stereocenters.